The predicted octanol–water partition coefficient (Wildman–Crippen LogP) is 3.33. The Morgan fingerprint density at radius 3 is 2.48 bits per heavy atom. The van der Waals surface area contributed by atoms with Crippen LogP contribution in [0.15, 0.2) is 12.7 Å². The monoisotopic (exact) mass is 314 g/mol. The third kappa shape index (κ3) is 9.04. The molecular weight excluding hydrogens is 284 g/mol. The molecule has 0 bridgehead atoms. The second kappa shape index (κ2) is 9.36. The molecule has 0 aromatic carbocycles. The van der Waals surface area contributed by atoms with E-state index in [1.54, 1.807) is 0 Å². The Morgan fingerprint density at radius 1 is 1.29 bits per heavy atom. The fourth-order valence-electron chi connectivity index (χ4n) is 2.42. The van der Waals surface area contributed by atoms with Crippen LogP contribution in [0.25, 0.3) is 0 Å². The van der Waals surface area contributed by atoms with Crippen LogP contribution in [-0.2, 0) is 4.74 Å². The molecule has 0 spiro atoms. The molecule has 5 heteroatoms. The molecule has 21 heavy (non-hydrogen) atoms. The smallest absolute Gasteiger partial charge is 0.407 e. The Labute approximate surface area is 133 Å². The molecule has 1 aliphatic rings. The number of hydrogen-bond acceptors (Lipinski definition) is 4. The summed E-state index contributed by atoms with van der Waals surface area (Å²) in [4.78, 5) is 11.7. The van der Waals surface area contributed by atoms with Crippen molar-refractivity contribution in [2.24, 2.45) is 0 Å². The van der Waals surface area contributed by atoms with Crippen LogP contribution < -0.4 is 10.6 Å². The highest BCUT2D eigenvalue weighted by molar-refractivity contribution is 7.99. The van der Waals surface area contributed by atoms with Gasteiger partial charge >= 0.3 is 6.09 Å². The number of rotatable bonds is 7. The van der Waals surface area contributed by atoms with Crippen molar-refractivity contribution in [3.63, 3.8) is 0 Å². The van der Waals surface area contributed by atoms with E-state index in [0.29, 0.717) is 6.04 Å². The van der Waals surface area contributed by atoms with Gasteiger partial charge in [0.25, 0.3) is 0 Å². The van der Waals surface area contributed by atoms with Gasteiger partial charge in [0.1, 0.15) is 5.60 Å². The standard InChI is InChI=1S/C16H30N2O2S/c1-5-11-21-12-10-17-13-6-8-14(9-7-13)18-15(19)20-16(2,3)4/h5,13-14,17H,1,6-12H2,2-4H3,(H,18,19). The quantitative estimate of drug-likeness (QED) is 0.559. The lowest BCUT2D eigenvalue weighted by Crippen LogP contribution is -2.44. The Hall–Kier alpha value is -0.680. The van der Waals surface area contributed by atoms with Gasteiger partial charge in [-0.3, -0.25) is 0 Å². The topological polar surface area (TPSA) is 50.4 Å². The molecular formula is C16H30N2O2S. The summed E-state index contributed by atoms with van der Waals surface area (Å²) in [7, 11) is 0. The van der Waals surface area contributed by atoms with E-state index in [1.165, 1.54) is 0 Å². The Balaban J connectivity index is 2.11. The first-order chi connectivity index (χ1) is 9.90. The van der Waals surface area contributed by atoms with Gasteiger partial charge in [0.15, 0.2) is 0 Å². The Kier molecular flexibility index (Phi) is 8.19. The number of nitrogens with one attached hydrogen (secondary N) is 2. The molecule has 1 saturated carbocycles. The largest absolute Gasteiger partial charge is 0.444 e. The minimum atomic E-state index is -0.425. The first kappa shape index (κ1) is 18.4. The zero-order valence-electron chi connectivity index (χ0n) is 13.6. The fraction of sp³-hybridized carbons (Fsp3) is 0.812. The summed E-state index contributed by atoms with van der Waals surface area (Å²) in [5, 5.41) is 6.57. The molecule has 4 nitrogen and oxygen atoms in total. The van der Waals surface area contributed by atoms with E-state index in [2.05, 4.69) is 17.2 Å². The zero-order valence-corrected chi connectivity index (χ0v) is 14.4. The van der Waals surface area contributed by atoms with Gasteiger partial charge in [0.2, 0.25) is 0 Å². The lowest BCUT2D eigenvalue weighted by atomic mass is 9.91. The summed E-state index contributed by atoms with van der Waals surface area (Å²) < 4.78 is 5.29. The molecule has 1 rings (SSSR count). The maximum absolute atomic E-state index is 11.7. The minimum absolute atomic E-state index is 0.257. The number of amides is 1. The van der Waals surface area contributed by atoms with E-state index in [1.807, 2.05) is 38.6 Å². The molecule has 0 unspecified atom stereocenters. The summed E-state index contributed by atoms with van der Waals surface area (Å²) in [5.74, 6) is 2.15. The molecule has 0 aromatic heterocycles. The average Bonchev–Trinajstić information content (AvgIpc) is 2.38. The second-order valence-corrected chi connectivity index (χ2v) is 7.66. The predicted molar refractivity (Wildman–Crippen MR) is 90.9 cm³/mol. The molecule has 0 aliphatic heterocycles. The van der Waals surface area contributed by atoms with Gasteiger partial charge in [0.05, 0.1) is 0 Å². The summed E-state index contributed by atoms with van der Waals surface area (Å²) in [6.45, 7) is 10.4. The van der Waals surface area contributed by atoms with Crippen LogP contribution in [-0.4, -0.2) is 41.8 Å². The van der Waals surface area contributed by atoms with Crippen LogP contribution >= 0.6 is 11.8 Å². The van der Waals surface area contributed by atoms with Crippen molar-refractivity contribution < 1.29 is 9.53 Å². The molecule has 1 amide bonds. The summed E-state index contributed by atoms with van der Waals surface area (Å²) in [5.41, 5.74) is -0.425. The van der Waals surface area contributed by atoms with Gasteiger partial charge in [-0.05, 0) is 46.5 Å². The lowest BCUT2D eigenvalue weighted by molar-refractivity contribution is 0.0490. The normalized spacial score (nSPS) is 22.6. The van der Waals surface area contributed by atoms with E-state index < -0.39 is 5.60 Å². The maximum Gasteiger partial charge on any atom is 0.407 e. The molecule has 122 valence electrons. The van der Waals surface area contributed by atoms with Gasteiger partial charge in [0, 0.05) is 30.1 Å². The van der Waals surface area contributed by atoms with Gasteiger partial charge < -0.3 is 15.4 Å². The molecule has 0 saturated heterocycles. The highest BCUT2D eigenvalue weighted by atomic mass is 32.2. The summed E-state index contributed by atoms with van der Waals surface area (Å²) >= 11 is 1.90. The number of carbonyl (C=O) groups excluding carboxylic acids is 1. The number of thioether (sulfide) groups is 1. The molecule has 0 radical (unpaired) electrons. The zero-order chi connectivity index (χ0) is 15.7. The van der Waals surface area contributed by atoms with E-state index in [-0.39, 0.29) is 12.1 Å². The second-order valence-electron chi connectivity index (χ2n) is 6.51. The van der Waals surface area contributed by atoms with Crippen LogP contribution in [0.5, 0.6) is 0 Å². The molecule has 0 atom stereocenters. The van der Waals surface area contributed by atoms with E-state index in [0.717, 1.165) is 43.7 Å². The number of ether oxygens (including phenoxy) is 1. The van der Waals surface area contributed by atoms with E-state index in [9.17, 15) is 4.79 Å². The van der Waals surface area contributed by atoms with Gasteiger partial charge in [-0.15, -0.1) is 6.58 Å². The van der Waals surface area contributed by atoms with Crippen molar-refractivity contribution in [3.8, 4) is 0 Å². The SMILES string of the molecule is C=CCSCCNC1CCC(NC(=O)OC(C)(C)C)CC1. The van der Waals surface area contributed by atoms with Gasteiger partial charge in [-0.2, -0.15) is 11.8 Å². The third-order valence-corrected chi connectivity index (χ3v) is 4.33. The van der Waals surface area contributed by atoms with Gasteiger partial charge in [-0.25, -0.2) is 4.79 Å². The molecule has 1 aliphatic carbocycles. The van der Waals surface area contributed by atoms with Crippen molar-refractivity contribution in [1.29, 1.82) is 0 Å². The van der Waals surface area contributed by atoms with Gasteiger partial charge in [-0.1, -0.05) is 6.08 Å². The minimum Gasteiger partial charge on any atom is -0.444 e. The van der Waals surface area contributed by atoms with Crippen molar-refractivity contribution in [1.82, 2.24) is 10.6 Å². The number of alkyl carbamates (subject to hydrolysis) is 1. The maximum atomic E-state index is 11.7. The van der Waals surface area contributed by atoms with Crippen LogP contribution in [0, 0.1) is 0 Å². The van der Waals surface area contributed by atoms with Crippen molar-refractivity contribution in [3.05, 3.63) is 12.7 Å². The molecule has 0 aromatic rings. The van der Waals surface area contributed by atoms with E-state index in [4.69, 9.17) is 4.74 Å². The Bertz CT molecular complexity index is 321. The van der Waals surface area contributed by atoms with E-state index >= 15 is 0 Å². The Morgan fingerprint density at radius 2 is 1.90 bits per heavy atom. The van der Waals surface area contributed by atoms with Crippen LogP contribution in [0.4, 0.5) is 4.79 Å². The van der Waals surface area contributed by atoms with Crippen LogP contribution in [0.2, 0.25) is 0 Å². The molecule has 0 heterocycles. The average molecular weight is 314 g/mol. The van der Waals surface area contributed by atoms with Crippen LogP contribution in [0.1, 0.15) is 46.5 Å². The van der Waals surface area contributed by atoms with Crippen molar-refractivity contribution in [2.45, 2.75) is 64.1 Å². The number of hydrogen-bond donors (Lipinski definition) is 2. The lowest BCUT2D eigenvalue weighted by Gasteiger charge is -2.30. The fourth-order valence-corrected chi connectivity index (χ4v) is 3.01. The highest BCUT2D eigenvalue weighted by Crippen LogP contribution is 2.19. The van der Waals surface area contributed by atoms with Crippen LogP contribution in [0.3, 0.4) is 0 Å². The summed E-state index contributed by atoms with van der Waals surface area (Å²) in [6.07, 6.45) is 5.94. The molecule has 2 N–H and O–H groups in total. The summed E-state index contributed by atoms with van der Waals surface area (Å²) in [6, 6.07) is 0.846. The number of carbonyl (C=O) groups is 1. The van der Waals surface area contributed by atoms with Crippen molar-refractivity contribution in [2.75, 3.05) is 18.1 Å². The third-order valence-electron chi connectivity index (χ3n) is 3.36. The molecule has 1 fully saturated rings. The highest BCUT2D eigenvalue weighted by Gasteiger charge is 2.24. The van der Waals surface area contributed by atoms with Crippen molar-refractivity contribution >= 4 is 17.9 Å². The first-order valence-electron chi connectivity index (χ1n) is 7.82. The first-order valence-corrected chi connectivity index (χ1v) is 8.97.